The molecule has 15 heavy (non-hydrogen) atoms. The summed E-state index contributed by atoms with van der Waals surface area (Å²) in [6.45, 7) is 7.23. The summed E-state index contributed by atoms with van der Waals surface area (Å²) in [6.07, 6.45) is 0.667. The van der Waals surface area contributed by atoms with Crippen LogP contribution in [0.5, 0.6) is 0 Å². The highest BCUT2D eigenvalue weighted by atomic mass is 16.4. The summed E-state index contributed by atoms with van der Waals surface area (Å²) in [4.78, 5) is 22.0. The lowest BCUT2D eigenvalue weighted by Crippen LogP contribution is -2.54. The molecule has 0 aliphatic heterocycles. The third-order valence-electron chi connectivity index (χ3n) is 2.17. The Morgan fingerprint density at radius 2 is 1.73 bits per heavy atom. The summed E-state index contributed by atoms with van der Waals surface area (Å²) in [5.74, 6) is -1.39. The maximum absolute atomic E-state index is 11.3. The number of aliphatic carboxylic acids is 1. The second kappa shape index (κ2) is 6.27. The van der Waals surface area contributed by atoms with E-state index in [2.05, 4.69) is 10.6 Å². The molecule has 0 radical (unpaired) electrons. The first-order chi connectivity index (χ1) is 6.88. The van der Waals surface area contributed by atoms with Gasteiger partial charge in [0.2, 0.25) is 0 Å². The highest BCUT2D eigenvalue weighted by Gasteiger charge is 2.19. The smallest absolute Gasteiger partial charge is 0.315 e. The van der Waals surface area contributed by atoms with Crippen molar-refractivity contribution in [2.24, 2.45) is 5.92 Å². The number of carboxylic acid groups (broad SMARTS) is 1. The molecule has 2 amide bonds. The second-order valence-electron chi connectivity index (χ2n) is 3.95. The molecule has 88 valence electrons. The van der Waals surface area contributed by atoms with Gasteiger partial charge in [-0.05, 0) is 19.8 Å². The average Bonchev–Trinajstić information content (AvgIpc) is 2.11. The zero-order valence-corrected chi connectivity index (χ0v) is 9.66. The summed E-state index contributed by atoms with van der Waals surface area (Å²) in [7, 11) is 0. The molecule has 0 saturated heterocycles. The molecule has 0 aliphatic rings. The van der Waals surface area contributed by atoms with Gasteiger partial charge in [-0.1, -0.05) is 20.3 Å². The minimum atomic E-state index is -1.25. The fourth-order valence-electron chi connectivity index (χ4n) is 1.11. The van der Waals surface area contributed by atoms with E-state index in [9.17, 15) is 14.7 Å². The van der Waals surface area contributed by atoms with Crippen molar-refractivity contribution < 1.29 is 14.7 Å². The first-order valence-corrected chi connectivity index (χ1v) is 5.16. The summed E-state index contributed by atoms with van der Waals surface area (Å²) in [5, 5.41) is 15.7. The molecule has 5 nitrogen and oxygen atoms in total. The molecule has 0 aromatic carbocycles. The summed E-state index contributed by atoms with van der Waals surface area (Å²) in [6, 6.07) is -1.43. The molecule has 5 heteroatoms. The van der Waals surface area contributed by atoms with Crippen LogP contribution in [0.25, 0.3) is 0 Å². The van der Waals surface area contributed by atoms with Crippen LogP contribution in [-0.2, 0) is 4.79 Å². The number of hydrogen-bond donors (Lipinski definition) is 2. The molecule has 0 unspecified atom stereocenters. The number of rotatable bonds is 5. The Bertz CT molecular complexity index is 229. The van der Waals surface area contributed by atoms with Gasteiger partial charge in [0.15, 0.2) is 0 Å². The molecular weight excluding hydrogens is 196 g/mol. The van der Waals surface area contributed by atoms with E-state index >= 15 is 0 Å². The second-order valence-corrected chi connectivity index (χ2v) is 3.95. The Morgan fingerprint density at radius 1 is 1.20 bits per heavy atom. The Morgan fingerprint density at radius 3 is 2.07 bits per heavy atom. The van der Waals surface area contributed by atoms with Crippen LogP contribution in [0.1, 0.15) is 34.1 Å². The van der Waals surface area contributed by atoms with E-state index < -0.39 is 18.0 Å². The van der Waals surface area contributed by atoms with E-state index in [0.717, 1.165) is 0 Å². The highest BCUT2D eigenvalue weighted by molar-refractivity contribution is 5.81. The van der Waals surface area contributed by atoms with Crippen LogP contribution >= 0.6 is 0 Å². The monoisotopic (exact) mass is 215 g/mol. The van der Waals surface area contributed by atoms with E-state index in [1.807, 2.05) is 6.92 Å². The van der Waals surface area contributed by atoms with Crippen LogP contribution in [0.15, 0.2) is 0 Å². The first-order valence-electron chi connectivity index (χ1n) is 5.16. The van der Waals surface area contributed by atoms with Crippen molar-refractivity contribution in [3.63, 3.8) is 0 Å². The molecule has 0 rings (SSSR count). The van der Waals surface area contributed by atoms with Crippen molar-refractivity contribution >= 4 is 12.0 Å². The molecule has 2 N–H and O–H groups in total. The number of carboxylic acids is 1. The summed E-state index contributed by atoms with van der Waals surface area (Å²) in [5.41, 5.74) is 0. The van der Waals surface area contributed by atoms with Crippen LogP contribution in [0.3, 0.4) is 0 Å². The van der Waals surface area contributed by atoms with Crippen LogP contribution in [0, 0.1) is 5.92 Å². The van der Waals surface area contributed by atoms with E-state index in [1.165, 1.54) is 0 Å². The van der Waals surface area contributed by atoms with Gasteiger partial charge >= 0.3 is 6.03 Å². The van der Waals surface area contributed by atoms with Crippen molar-refractivity contribution in [2.75, 3.05) is 0 Å². The number of carbonyl (C=O) groups is 2. The number of nitrogens with one attached hydrogen (secondary N) is 2. The van der Waals surface area contributed by atoms with Crippen LogP contribution in [0.4, 0.5) is 4.79 Å². The average molecular weight is 215 g/mol. The molecular formula is C10H19N2O3-. The molecule has 0 heterocycles. The van der Waals surface area contributed by atoms with Gasteiger partial charge in [-0.25, -0.2) is 4.79 Å². The zero-order chi connectivity index (χ0) is 12.0. The van der Waals surface area contributed by atoms with Crippen LogP contribution < -0.4 is 15.7 Å². The van der Waals surface area contributed by atoms with E-state index in [4.69, 9.17) is 0 Å². The number of amides is 2. The number of carbonyl (C=O) groups excluding carboxylic acids is 2. The van der Waals surface area contributed by atoms with Crippen molar-refractivity contribution in [1.82, 2.24) is 10.6 Å². The van der Waals surface area contributed by atoms with Crippen molar-refractivity contribution in [2.45, 2.75) is 46.2 Å². The fraction of sp³-hybridized carbons (Fsp3) is 0.800. The Labute approximate surface area is 90.2 Å². The minimum Gasteiger partial charge on any atom is -0.548 e. The van der Waals surface area contributed by atoms with Crippen LogP contribution in [0.2, 0.25) is 0 Å². The van der Waals surface area contributed by atoms with Crippen molar-refractivity contribution in [1.29, 1.82) is 0 Å². The maximum Gasteiger partial charge on any atom is 0.315 e. The lowest BCUT2D eigenvalue weighted by molar-refractivity contribution is -0.309. The lowest BCUT2D eigenvalue weighted by atomic mass is 9.99. The quantitative estimate of drug-likeness (QED) is 0.669. The molecule has 0 saturated carbocycles. The minimum absolute atomic E-state index is 0.0238. The Hall–Kier alpha value is -1.26. The molecule has 0 aliphatic carbocycles. The van der Waals surface area contributed by atoms with E-state index in [0.29, 0.717) is 6.42 Å². The molecule has 0 aromatic rings. The predicted octanol–water partition coefficient (Wildman–Crippen LogP) is -0.141. The van der Waals surface area contributed by atoms with Gasteiger partial charge in [0.1, 0.15) is 0 Å². The third kappa shape index (κ3) is 5.24. The van der Waals surface area contributed by atoms with Crippen LogP contribution in [-0.4, -0.2) is 24.1 Å². The van der Waals surface area contributed by atoms with Gasteiger partial charge in [0.25, 0.3) is 0 Å². The van der Waals surface area contributed by atoms with Gasteiger partial charge in [-0.15, -0.1) is 0 Å². The Kier molecular flexibility index (Phi) is 5.74. The van der Waals surface area contributed by atoms with E-state index in [1.54, 1.807) is 20.8 Å². The van der Waals surface area contributed by atoms with Gasteiger partial charge in [-0.3, -0.25) is 0 Å². The first kappa shape index (κ1) is 13.7. The standard InChI is InChI=1S/C10H20N2O3/c1-5-7(4)8(9(13)14)12-10(15)11-6(2)3/h6-8H,5H2,1-4H3,(H,13,14)(H2,11,12,15)/p-1/t7-,8+/m1/s1. The third-order valence-corrected chi connectivity index (χ3v) is 2.17. The van der Waals surface area contributed by atoms with Gasteiger partial charge in [0.05, 0.1) is 12.0 Å². The van der Waals surface area contributed by atoms with Gasteiger partial charge in [0, 0.05) is 6.04 Å². The zero-order valence-electron chi connectivity index (χ0n) is 9.66. The largest absolute Gasteiger partial charge is 0.548 e. The Balaban J connectivity index is 4.29. The fourth-order valence-corrected chi connectivity index (χ4v) is 1.11. The SMILES string of the molecule is CC[C@@H](C)[C@H](NC(=O)NC(C)C)C(=O)[O-]. The van der Waals surface area contributed by atoms with E-state index in [-0.39, 0.29) is 12.0 Å². The lowest BCUT2D eigenvalue weighted by Gasteiger charge is -2.25. The topological polar surface area (TPSA) is 81.3 Å². The normalized spacial score (nSPS) is 14.5. The van der Waals surface area contributed by atoms with Gasteiger partial charge < -0.3 is 20.5 Å². The maximum atomic E-state index is 11.3. The molecule has 0 aromatic heterocycles. The molecule has 0 spiro atoms. The van der Waals surface area contributed by atoms with Crippen molar-refractivity contribution in [3.05, 3.63) is 0 Å². The summed E-state index contributed by atoms with van der Waals surface area (Å²) >= 11 is 0. The highest BCUT2D eigenvalue weighted by Crippen LogP contribution is 2.06. The molecule has 2 atom stereocenters. The van der Waals surface area contributed by atoms with Crippen molar-refractivity contribution in [3.8, 4) is 0 Å². The summed E-state index contributed by atoms with van der Waals surface area (Å²) < 4.78 is 0. The predicted molar refractivity (Wildman–Crippen MR) is 55.1 cm³/mol. The number of urea groups is 1. The number of hydrogen-bond acceptors (Lipinski definition) is 3. The molecule has 0 fully saturated rings. The molecule has 0 bridgehead atoms. The van der Waals surface area contributed by atoms with Gasteiger partial charge in [-0.2, -0.15) is 0 Å².